The Hall–Kier alpha value is -4.01. The number of aromatic nitrogens is 2. The van der Waals surface area contributed by atoms with Gasteiger partial charge in [-0.1, -0.05) is 72.2 Å². The zero-order chi connectivity index (χ0) is 38.6. The van der Waals surface area contributed by atoms with Gasteiger partial charge in [-0.15, -0.1) is 0 Å². The fourth-order valence-electron chi connectivity index (χ4n) is 5.56. The van der Waals surface area contributed by atoms with Gasteiger partial charge in [-0.3, -0.25) is 4.79 Å². The van der Waals surface area contributed by atoms with Gasteiger partial charge in [0.2, 0.25) is 5.91 Å². The van der Waals surface area contributed by atoms with Crippen molar-refractivity contribution in [2.75, 3.05) is 63.0 Å². The highest BCUT2D eigenvalue weighted by atomic mass is 32.1. The van der Waals surface area contributed by atoms with E-state index in [2.05, 4.69) is 100 Å². The van der Waals surface area contributed by atoms with Gasteiger partial charge in [0.1, 0.15) is 11.6 Å². The molecule has 14 heteroatoms. The van der Waals surface area contributed by atoms with Crippen molar-refractivity contribution in [3.63, 3.8) is 0 Å². The Kier molecular flexibility index (Phi) is 19.3. The number of ether oxygens (including phenoxy) is 1. The third-order valence-corrected chi connectivity index (χ3v) is 9.53. The first kappa shape index (κ1) is 43.4. The minimum absolute atomic E-state index is 0.128. The molecule has 4 aromatic rings. The van der Waals surface area contributed by atoms with Gasteiger partial charge in [-0.25, -0.2) is 9.59 Å². The molecule has 0 aliphatic carbocycles. The van der Waals surface area contributed by atoms with Gasteiger partial charge in [0.05, 0.1) is 15.3 Å². The Balaban J connectivity index is 0.000000249. The number of rotatable bonds is 9. The molecule has 4 heterocycles. The van der Waals surface area contributed by atoms with Crippen molar-refractivity contribution in [2.45, 2.75) is 73.6 Å². The molecule has 2 fully saturated rings. The van der Waals surface area contributed by atoms with Gasteiger partial charge < -0.3 is 36.2 Å². The quantitative estimate of drug-likeness (QED) is 0.0973. The topological polar surface area (TPSA) is 155 Å². The second-order valence-electron chi connectivity index (χ2n) is 14.5. The number of likely N-dealkylation sites (tertiary alicyclic amines) is 2. The molecule has 0 saturated carbocycles. The largest absolute Gasteiger partial charge is 0.418 e. The van der Waals surface area contributed by atoms with E-state index < -0.39 is 12.2 Å². The summed E-state index contributed by atoms with van der Waals surface area (Å²) < 4.78 is 15.6. The summed E-state index contributed by atoms with van der Waals surface area (Å²) in [6.07, 6.45) is 3.51. The number of carbonyl (C=O) groups is 3. The van der Waals surface area contributed by atoms with Crippen LogP contribution in [0.4, 0.5) is 21.2 Å². The highest BCUT2D eigenvalue weighted by Gasteiger charge is 2.29. The zero-order valence-corrected chi connectivity index (χ0v) is 34.0. The van der Waals surface area contributed by atoms with Crippen molar-refractivity contribution in [1.29, 1.82) is 0 Å². The van der Waals surface area contributed by atoms with Crippen LogP contribution in [0, 0.1) is 17.8 Å². The number of nitrogens with one attached hydrogen (secondary N) is 3. The lowest BCUT2D eigenvalue weighted by atomic mass is 9.97. The van der Waals surface area contributed by atoms with Crippen LogP contribution in [0.25, 0.3) is 20.2 Å². The molecule has 2 saturated heterocycles. The first-order valence-electron chi connectivity index (χ1n) is 18.9. The van der Waals surface area contributed by atoms with Crippen LogP contribution in [0.15, 0.2) is 48.5 Å². The van der Waals surface area contributed by atoms with Gasteiger partial charge in [-0.2, -0.15) is 8.75 Å². The monoisotopic (exact) mass is 768 g/mol. The molecule has 5 N–H and O–H groups in total. The predicted molar refractivity (Wildman–Crippen MR) is 221 cm³/mol. The average Bonchev–Trinajstić information content (AvgIpc) is 3.74. The van der Waals surface area contributed by atoms with Crippen LogP contribution in [0.1, 0.15) is 73.6 Å². The molecule has 6 rings (SSSR count). The summed E-state index contributed by atoms with van der Waals surface area (Å²) in [4.78, 5) is 38.6. The molecule has 2 aliphatic heterocycles. The summed E-state index contributed by atoms with van der Waals surface area (Å²) in [6, 6.07) is 16.4. The van der Waals surface area contributed by atoms with Gasteiger partial charge in [-0.05, 0) is 97.9 Å². The lowest BCUT2D eigenvalue weighted by Crippen LogP contribution is -2.46. The number of fused-ring (bicyclic) bond motifs is 2. The molecule has 2 aromatic heterocycles. The van der Waals surface area contributed by atoms with Crippen LogP contribution >= 0.6 is 23.1 Å². The number of piperidine rings is 2. The number of nitrogens with zero attached hydrogens (tertiary/aromatic N) is 4. The summed E-state index contributed by atoms with van der Waals surface area (Å²) in [5.41, 5.74) is 4.85. The Morgan fingerprint density at radius 3 is 1.85 bits per heavy atom. The van der Waals surface area contributed by atoms with Crippen LogP contribution in [-0.2, 0) is 9.53 Å². The minimum atomic E-state index is -1.15. The van der Waals surface area contributed by atoms with Crippen LogP contribution in [0.5, 0.6) is 0 Å². The number of hydrogen-bond donors (Lipinski definition) is 4. The van der Waals surface area contributed by atoms with Crippen molar-refractivity contribution in [3.8, 4) is 0 Å². The van der Waals surface area contributed by atoms with Gasteiger partial charge in [0, 0.05) is 50.0 Å². The molecule has 0 spiro atoms. The highest BCUT2D eigenvalue weighted by molar-refractivity contribution is 7.14. The Labute approximate surface area is 323 Å². The maximum Gasteiger partial charge on any atom is 0.418 e. The first-order valence-corrected chi connectivity index (χ1v) is 20.4. The number of benzene rings is 2. The van der Waals surface area contributed by atoms with Crippen molar-refractivity contribution in [2.24, 2.45) is 23.5 Å². The highest BCUT2D eigenvalue weighted by Crippen LogP contribution is 2.27. The van der Waals surface area contributed by atoms with Crippen molar-refractivity contribution < 1.29 is 19.1 Å². The Morgan fingerprint density at radius 2 is 1.30 bits per heavy atom. The molecule has 2 aliphatic rings. The molecule has 53 heavy (non-hydrogen) atoms. The molecule has 3 amide bonds. The molecule has 292 valence electrons. The number of amides is 3. The smallest absolute Gasteiger partial charge is 0.367 e. The van der Waals surface area contributed by atoms with E-state index in [0.717, 1.165) is 46.6 Å². The summed E-state index contributed by atoms with van der Waals surface area (Å²) in [5, 5.41) is 11.9. The van der Waals surface area contributed by atoms with E-state index in [0.29, 0.717) is 32.5 Å². The maximum atomic E-state index is 12.3. The van der Waals surface area contributed by atoms with E-state index >= 15 is 0 Å². The number of primary amides is 1. The van der Waals surface area contributed by atoms with E-state index in [1.54, 1.807) is 11.5 Å². The van der Waals surface area contributed by atoms with Crippen molar-refractivity contribution in [1.82, 2.24) is 23.9 Å². The predicted octanol–water partition coefficient (Wildman–Crippen LogP) is 8.27. The lowest BCUT2D eigenvalue weighted by Gasteiger charge is -2.30. The van der Waals surface area contributed by atoms with Gasteiger partial charge >= 0.3 is 12.2 Å². The maximum absolute atomic E-state index is 12.3. The van der Waals surface area contributed by atoms with E-state index in [9.17, 15) is 14.4 Å². The molecule has 12 nitrogen and oxygen atoms in total. The second-order valence-corrected chi connectivity index (χ2v) is 16.1. The van der Waals surface area contributed by atoms with Crippen LogP contribution in [-0.4, -0.2) is 89.0 Å². The fraction of sp³-hybridized carbons (Fsp3) is 0.564. The van der Waals surface area contributed by atoms with Gasteiger partial charge in [0.25, 0.3) is 0 Å². The van der Waals surface area contributed by atoms with E-state index in [-0.39, 0.29) is 18.4 Å². The molecule has 0 bridgehead atoms. The summed E-state index contributed by atoms with van der Waals surface area (Å²) in [5.74, 6) is 3.06. The normalized spacial score (nSPS) is 15.7. The average molecular weight is 769 g/mol. The van der Waals surface area contributed by atoms with Crippen molar-refractivity contribution in [3.05, 3.63) is 48.5 Å². The fourth-order valence-corrected chi connectivity index (χ4v) is 7.07. The molecular weight excluding hydrogens is 709 g/mol. The third-order valence-electron chi connectivity index (χ3n) is 7.88. The Bertz CT molecular complexity index is 1660. The zero-order valence-electron chi connectivity index (χ0n) is 32.4. The molecule has 1 atom stereocenters. The first-order chi connectivity index (χ1) is 25.4. The van der Waals surface area contributed by atoms with Crippen LogP contribution < -0.4 is 21.7 Å². The summed E-state index contributed by atoms with van der Waals surface area (Å²) >= 11 is 3.00. The lowest BCUT2D eigenvalue weighted by molar-refractivity contribution is -0.126. The molecular formula is C39H60N8O4S2. The standard InChI is InChI=1S/C17H21N5O4S.C14H19N3S.2C4H10/c18-16(24)26-17(25)22-9-3-4-11(10-22)15(23)20-8-7-19-14-12-5-1-2-6-13(12)27-21-14;1-4-9-17(10-5-1)11-8-15-14-12-6-2-3-7-13(12)18-16-14;2*1-4(2)3/h1-2,5-6,11H,3-4,7-10H2,(H2,18,24)(H,19,21)(H,20,23);2-3,6-7H,1,4-5,8-11H2,(H,15,16);2*4H,1-3H3. The summed E-state index contributed by atoms with van der Waals surface area (Å²) in [6.45, 7) is 19.3. The van der Waals surface area contributed by atoms with E-state index in [1.807, 2.05) is 24.3 Å². The number of nitrogens with two attached hydrogens (primary N) is 1. The van der Waals surface area contributed by atoms with Crippen LogP contribution in [0.3, 0.4) is 0 Å². The van der Waals surface area contributed by atoms with Gasteiger partial charge in [0.15, 0.2) is 0 Å². The number of anilines is 2. The SMILES string of the molecule is CC(C)C.CC(C)C.NC(=O)OC(=O)N1CCCC(C(=O)NCCNc2nsc3ccccc23)C1.c1ccc2c(NCCN3CCCCC3)nsc2c1. The minimum Gasteiger partial charge on any atom is -0.367 e. The third kappa shape index (κ3) is 16.3. The van der Waals surface area contributed by atoms with Crippen molar-refractivity contribution >= 4 is 73.0 Å². The number of carbonyl (C=O) groups excluding carboxylic acids is 3. The molecule has 1 unspecified atom stereocenters. The van der Waals surface area contributed by atoms with E-state index in [4.69, 9.17) is 5.73 Å². The molecule has 2 aromatic carbocycles. The van der Waals surface area contributed by atoms with E-state index in [1.165, 1.54) is 58.9 Å². The molecule has 0 radical (unpaired) electrons. The van der Waals surface area contributed by atoms with Crippen LogP contribution in [0.2, 0.25) is 0 Å². The summed E-state index contributed by atoms with van der Waals surface area (Å²) in [7, 11) is 0. The number of hydrogen-bond acceptors (Lipinski definition) is 11. The second kappa shape index (κ2) is 23.6. The Morgan fingerprint density at radius 1 is 0.774 bits per heavy atom.